The van der Waals surface area contributed by atoms with Gasteiger partial charge in [0.25, 0.3) is 0 Å². The zero-order valence-corrected chi connectivity index (χ0v) is 13.1. The third kappa shape index (κ3) is 3.97. The average molecular weight is 277 g/mol. The first-order valence-corrected chi connectivity index (χ1v) is 7.53. The Balaban J connectivity index is 1.92. The number of ether oxygens (including phenoxy) is 2. The number of para-hydroxylation sites is 1. The van der Waals surface area contributed by atoms with Crippen molar-refractivity contribution in [2.45, 2.75) is 51.2 Å². The first-order valence-electron chi connectivity index (χ1n) is 7.53. The number of benzene rings is 1. The van der Waals surface area contributed by atoms with E-state index in [2.05, 4.69) is 44.3 Å². The van der Waals surface area contributed by atoms with Crippen LogP contribution in [-0.2, 0) is 10.2 Å². The molecule has 2 rings (SSSR count). The van der Waals surface area contributed by atoms with Gasteiger partial charge in [-0.3, -0.25) is 0 Å². The standard InChI is InChI=1S/C17H27NO2/c1-17(2,3)15-7-5-6-8-16(15)19-12-14-10-9-13(20-14)11-18-4/h5-8,13-14,18H,9-12H2,1-4H3. The highest BCUT2D eigenvalue weighted by atomic mass is 16.5. The van der Waals surface area contributed by atoms with Gasteiger partial charge in [-0.1, -0.05) is 39.0 Å². The van der Waals surface area contributed by atoms with Gasteiger partial charge >= 0.3 is 0 Å². The summed E-state index contributed by atoms with van der Waals surface area (Å²) < 4.78 is 12.0. The van der Waals surface area contributed by atoms with Crippen molar-refractivity contribution in [3.63, 3.8) is 0 Å². The minimum absolute atomic E-state index is 0.0990. The molecular formula is C17H27NO2. The zero-order chi connectivity index (χ0) is 14.6. The summed E-state index contributed by atoms with van der Waals surface area (Å²) in [5.41, 5.74) is 1.35. The molecule has 0 aromatic heterocycles. The summed E-state index contributed by atoms with van der Waals surface area (Å²) in [6.45, 7) is 8.21. The van der Waals surface area contributed by atoms with Gasteiger partial charge < -0.3 is 14.8 Å². The molecule has 0 amide bonds. The second-order valence-corrected chi connectivity index (χ2v) is 6.57. The molecule has 1 heterocycles. The van der Waals surface area contributed by atoms with Crippen LogP contribution in [0.25, 0.3) is 0 Å². The van der Waals surface area contributed by atoms with Gasteiger partial charge in [0.05, 0.1) is 12.2 Å². The second-order valence-electron chi connectivity index (χ2n) is 6.57. The van der Waals surface area contributed by atoms with E-state index in [1.54, 1.807) is 0 Å². The van der Waals surface area contributed by atoms with Crippen molar-refractivity contribution < 1.29 is 9.47 Å². The van der Waals surface area contributed by atoms with Gasteiger partial charge in [-0.2, -0.15) is 0 Å². The van der Waals surface area contributed by atoms with E-state index in [1.165, 1.54) is 5.56 Å². The van der Waals surface area contributed by atoms with Crippen molar-refractivity contribution in [1.29, 1.82) is 0 Å². The van der Waals surface area contributed by atoms with Gasteiger partial charge in [0.1, 0.15) is 12.4 Å². The maximum Gasteiger partial charge on any atom is 0.123 e. The molecule has 0 spiro atoms. The van der Waals surface area contributed by atoms with Crippen LogP contribution < -0.4 is 10.1 Å². The Labute approximate surface area is 122 Å². The van der Waals surface area contributed by atoms with Crippen LogP contribution in [0.1, 0.15) is 39.2 Å². The Morgan fingerprint density at radius 2 is 1.90 bits per heavy atom. The number of rotatable bonds is 5. The van der Waals surface area contributed by atoms with Crippen LogP contribution in [0.15, 0.2) is 24.3 Å². The van der Waals surface area contributed by atoms with E-state index < -0.39 is 0 Å². The van der Waals surface area contributed by atoms with Gasteiger partial charge in [-0.25, -0.2) is 0 Å². The molecule has 20 heavy (non-hydrogen) atoms. The lowest BCUT2D eigenvalue weighted by molar-refractivity contribution is 0.0190. The lowest BCUT2D eigenvalue weighted by atomic mass is 9.86. The Bertz CT molecular complexity index is 425. The summed E-state index contributed by atoms with van der Waals surface area (Å²) in [6.07, 6.45) is 2.77. The van der Waals surface area contributed by atoms with E-state index in [0.717, 1.165) is 25.1 Å². The van der Waals surface area contributed by atoms with Gasteiger partial charge in [0.2, 0.25) is 0 Å². The minimum Gasteiger partial charge on any atom is -0.491 e. The van der Waals surface area contributed by atoms with Gasteiger partial charge in [-0.05, 0) is 36.9 Å². The quantitative estimate of drug-likeness (QED) is 0.897. The zero-order valence-electron chi connectivity index (χ0n) is 13.1. The first-order chi connectivity index (χ1) is 9.50. The molecule has 2 atom stereocenters. The number of hydrogen-bond acceptors (Lipinski definition) is 3. The lowest BCUT2D eigenvalue weighted by Crippen LogP contribution is -2.26. The molecule has 1 aromatic carbocycles. The largest absolute Gasteiger partial charge is 0.491 e. The van der Waals surface area contributed by atoms with Crippen molar-refractivity contribution in [2.24, 2.45) is 0 Å². The van der Waals surface area contributed by atoms with Crippen LogP contribution >= 0.6 is 0 Å². The molecule has 112 valence electrons. The fourth-order valence-electron chi connectivity index (χ4n) is 2.68. The fourth-order valence-corrected chi connectivity index (χ4v) is 2.68. The van der Waals surface area contributed by atoms with Crippen LogP contribution in [0, 0.1) is 0 Å². The second kappa shape index (κ2) is 6.59. The Morgan fingerprint density at radius 3 is 2.60 bits per heavy atom. The summed E-state index contributed by atoms with van der Waals surface area (Å²) in [6, 6.07) is 8.31. The van der Waals surface area contributed by atoms with Crippen molar-refractivity contribution in [2.75, 3.05) is 20.2 Å². The predicted octanol–water partition coefficient (Wildman–Crippen LogP) is 3.13. The monoisotopic (exact) mass is 277 g/mol. The van der Waals surface area contributed by atoms with Crippen LogP contribution in [-0.4, -0.2) is 32.4 Å². The highest BCUT2D eigenvalue weighted by Crippen LogP contribution is 2.31. The molecule has 1 fully saturated rings. The molecule has 0 radical (unpaired) electrons. The molecule has 1 N–H and O–H groups in total. The first kappa shape index (κ1) is 15.3. The molecule has 1 saturated heterocycles. The third-order valence-electron chi connectivity index (χ3n) is 3.75. The maximum atomic E-state index is 6.03. The molecule has 3 nitrogen and oxygen atoms in total. The SMILES string of the molecule is CNCC1CCC(COc2ccccc2C(C)(C)C)O1. The van der Waals surface area contributed by atoms with E-state index in [9.17, 15) is 0 Å². The van der Waals surface area contributed by atoms with Crippen LogP contribution in [0.2, 0.25) is 0 Å². The van der Waals surface area contributed by atoms with E-state index >= 15 is 0 Å². The van der Waals surface area contributed by atoms with E-state index in [0.29, 0.717) is 12.7 Å². The van der Waals surface area contributed by atoms with E-state index in [1.807, 2.05) is 13.1 Å². The molecular weight excluding hydrogens is 250 g/mol. The number of likely N-dealkylation sites (N-methyl/N-ethyl adjacent to an activating group) is 1. The average Bonchev–Trinajstić information content (AvgIpc) is 2.84. The smallest absolute Gasteiger partial charge is 0.123 e. The van der Waals surface area contributed by atoms with Crippen LogP contribution in [0.4, 0.5) is 0 Å². The summed E-state index contributed by atoms with van der Waals surface area (Å²) in [5, 5.41) is 3.17. The normalized spacial score (nSPS) is 23.0. The topological polar surface area (TPSA) is 30.5 Å². The Kier molecular flexibility index (Phi) is 5.06. The van der Waals surface area contributed by atoms with Crippen molar-refractivity contribution in [3.8, 4) is 5.75 Å². The number of nitrogens with one attached hydrogen (secondary N) is 1. The highest BCUT2D eigenvalue weighted by molar-refractivity contribution is 5.38. The molecule has 2 unspecified atom stereocenters. The summed E-state index contributed by atoms with van der Waals surface area (Å²) in [5.74, 6) is 0.987. The van der Waals surface area contributed by atoms with Crippen LogP contribution in [0.5, 0.6) is 5.75 Å². The summed E-state index contributed by atoms with van der Waals surface area (Å²) >= 11 is 0. The molecule has 1 aromatic rings. The minimum atomic E-state index is 0.0990. The van der Waals surface area contributed by atoms with Crippen LogP contribution in [0.3, 0.4) is 0 Å². The summed E-state index contributed by atoms with van der Waals surface area (Å²) in [4.78, 5) is 0. The highest BCUT2D eigenvalue weighted by Gasteiger charge is 2.26. The summed E-state index contributed by atoms with van der Waals surface area (Å²) in [7, 11) is 1.97. The van der Waals surface area contributed by atoms with Crippen molar-refractivity contribution in [3.05, 3.63) is 29.8 Å². The molecule has 0 bridgehead atoms. The molecule has 1 aliphatic rings. The van der Waals surface area contributed by atoms with E-state index in [4.69, 9.17) is 9.47 Å². The third-order valence-corrected chi connectivity index (χ3v) is 3.75. The Morgan fingerprint density at radius 1 is 1.20 bits per heavy atom. The molecule has 0 saturated carbocycles. The predicted molar refractivity (Wildman–Crippen MR) is 82.5 cm³/mol. The fraction of sp³-hybridized carbons (Fsp3) is 0.647. The molecule has 3 heteroatoms. The van der Waals surface area contributed by atoms with Gasteiger partial charge in [-0.15, -0.1) is 0 Å². The number of hydrogen-bond donors (Lipinski definition) is 1. The van der Waals surface area contributed by atoms with Gasteiger partial charge in [0.15, 0.2) is 0 Å². The van der Waals surface area contributed by atoms with Crippen molar-refractivity contribution >= 4 is 0 Å². The van der Waals surface area contributed by atoms with Gasteiger partial charge in [0, 0.05) is 6.54 Å². The van der Waals surface area contributed by atoms with Crippen molar-refractivity contribution in [1.82, 2.24) is 5.32 Å². The molecule has 1 aliphatic heterocycles. The molecule has 0 aliphatic carbocycles. The lowest BCUT2D eigenvalue weighted by Gasteiger charge is -2.23. The van der Waals surface area contributed by atoms with E-state index in [-0.39, 0.29) is 11.5 Å². The Hall–Kier alpha value is -1.06. The maximum absolute atomic E-state index is 6.03.